The molecule has 0 radical (unpaired) electrons. The van der Waals surface area contributed by atoms with Crippen LogP contribution in [0, 0.1) is 0 Å². The summed E-state index contributed by atoms with van der Waals surface area (Å²) in [5, 5.41) is 53.5. The van der Waals surface area contributed by atoms with Gasteiger partial charge in [0.15, 0.2) is 5.60 Å². The Hall–Kier alpha value is -2.45. The molecule has 0 aromatic rings. The molecule has 13 nitrogen and oxygen atoms in total. The fraction of sp³-hybridized carbons (Fsp3) is 0.500. The lowest BCUT2D eigenvalue weighted by atomic mass is 9.93. The van der Waals surface area contributed by atoms with Crippen molar-refractivity contribution in [1.82, 2.24) is 0 Å². The maximum absolute atomic E-state index is 11.7. The van der Waals surface area contributed by atoms with E-state index in [-0.39, 0.29) is 23.1 Å². The highest BCUT2D eigenvalue weighted by atomic mass is 24.3. The number of hydrogen-bond donors (Lipinski definition) is 6. The molecule has 6 N–H and O–H groups in total. The summed E-state index contributed by atoms with van der Waals surface area (Å²) in [5.41, 5.74) is -6.24. The van der Waals surface area contributed by atoms with Gasteiger partial charge in [0.2, 0.25) is 5.60 Å². The van der Waals surface area contributed by atoms with E-state index in [1.54, 1.807) is 0 Å². The lowest BCUT2D eigenvalue weighted by Gasteiger charge is -2.28. The van der Waals surface area contributed by atoms with Crippen LogP contribution in [0.25, 0.3) is 0 Å². The summed E-state index contributed by atoms with van der Waals surface area (Å²) in [7, 11) is 0. The molecule has 0 aliphatic rings. The Kier molecular flexibility index (Phi) is 9.80. The maximum atomic E-state index is 11.7. The minimum Gasteiger partial charge on any atom is -0.481 e. The minimum atomic E-state index is -3.17. The second kappa shape index (κ2) is 9.88. The van der Waals surface area contributed by atoms with Crippen LogP contribution in [-0.2, 0) is 33.5 Å². The Balaban J connectivity index is 0. The van der Waals surface area contributed by atoms with Crippen LogP contribution < -0.4 is 0 Å². The average Bonchev–Trinajstić information content (AvgIpc) is 2.34. The third kappa shape index (κ3) is 7.62. The van der Waals surface area contributed by atoms with Crippen molar-refractivity contribution >= 4 is 58.9 Å². The summed E-state index contributed by atoms with van der Waals surface area (Å²) in [6.07, 6.45) is -5.94. The van der Waals surface area contributed by atoms with E-state index in [4.69, 9.17) is 25.5 Å². The number of hydrogen-bond acceptors (Lipinski definition) is 8. The first-order chi connectivity index (χ1) is 11.2. The number of aliphatic hydroxyl groups is 1. The van der Waals surface area contributed by atoms with Gasteiger partial charge in [0.1, 0.15) is 0 Å². The number of carbonyl (C=O) groups is 6. The monoisotopic (exact) mass is 392 g/mol. The molecule has 14 heteroatoms. The van der Waals surface area contributed by atoms with Gasteiger partial charge in [0.25, 0.3) is 0 Å². The van der Waals surface area contributed by atoms with Crippen LogP contribution in [0.2, 0.25) is 0 Å². The van der Waals surface area contributed by atoms with Crippen molar-refractivity contribution in [3.63, 3.8) is 0 Å². The standard InChI is InChI=1S/C12H14O13.Mg.2H/c13-5(14)1-11(24,9(20)21)4-8(19)25-12(10(22)23,2-6(15)16)3-7(17)18;;;/h24H,1-4H2,(H,13,14)(H,15,16)(H,17,18)(H,20,21)(H,22,23);;;. The van der Waals surface area contributed by atoms with Crippen molar-refractivity contribution in [3.05, 3.63) is 0 Å². The predicted molar refractivity (Wildman–Crippen MR) is 79.0 cm³/mol. The smallest absolute Gasteiger partial charge is 0.349 e. The van der Waals surface area contributed by atoms with Gasteiger partial charge in [-0.15, -0.1) is 0 Å². The molecule has 0 spiro atoms. The zero-order chi connectivity index (χ0) is 20.0. The Morgan fingerprint density at radius 3 is 1.31 bits per heavy atom. The number of ether oxygens (including phenoxy) is 1. The first-order valence-corrected chi connectivity index (χ1v) is 6.30. The van der Waals surface area contributed by atoms with E-state index < -0.39 is 72.7 Å². The minimum absolute atomic E-state index is 0. The average molecular weight is 393 g/mol. The summed E-state index contributed by atoms with van der Waals surface area (Å²) < 4.78 is 4.33. The van der Waals surface area contributed by atoms with E-state index in [2.05, 4.69) is 4.74 Å². The second-order valence-corrected chi connectivity index (χ2v) is 5.00. The van der Waals surface area contributed by atoms with Crippen molar-refractivity contribution in [3.8, 4) is 0 Å². The SMILES string of the molecule is O=C(O)CC(O)(CC(=O)OC(CC(=O)O)(CC(=O)O)C(=O)O)C(=O)O.[MgH2]. The van der Waals surface area contributed by atoms with E-state index in [1.165, 1.54) is 0 Å². The van der Waals surface area contributed by atoms with Crippen LogP contribution in [0.4, 0.5) is 0 Å². The third-order valence-corrected chi connectivity index (χ3v) is 2.85. The molecule has 0 aromatic heterocycles. The van der Waals surface area contributed by atoms with Gasteiger partial charge in [-0.25, -0.2) is 9.59 Å². The van der Waals surface area contributed by atoms with Crippen molar-refractivity contribution in [2.45, 2.75) is 36.9 Å². The predicted octanol–water partition coefficient (Wildman–Crippen LogP) is -2.93. The topological polar surface area (TPSA) is 233 Å². The lowest BCUT2D eigenvalue weighted by Crippen LogP contribution is -2.49. The molecular weight excluding hydrogens is 376 g/mol. The number of carbonyl (C=O) groups excluding carboxylic acids is 1. The van der Waals surface area contributed by atoms with Gasteiger partial charge in [-0.3, -0.25) is 19.2 Å². The van der Waals surface area contributed by atoms with Crippen molar-refractivity contribution in [1.29, 1.82) is 0 Å². The van der Waals surface area contributed by atoms with Crippen LogP contribution in [0.3, 0.4) is 0 Å². The highest BCUT2D eigenvalue weighted by molar-refractivity contribution is 5.92. The molecule has 0 fully saturated rings. The molecule has 0 aliphatic heterocycles. The number of carboxylic acid groups (broad SMARTS) is 5. The summed E-state index contributed by atoms with van der Waals surface area (Å²) in [6, 6.07) is 0. The molecule has 0 rings (SSSR count). The zero-order valence-corrected chi connectivity index (χ0v) is 12.4. The molecule has 0 heterocycles. The molecule has 26 heavy (non-hydrogen) atoms. The Morgan fingerprint density at radius 1 is 0.654 bits per heavy atom. The molecule has 144 valence electrons. The van der Waals surface area contributed by atoms with Crippen molar-refractivity contribution in [2.75, 3.05) is 0 Å². The van der Waals surface area contributed by atoms with E-state index in [0.717, 1.165) is 0 Å². The molecule has 0 bridgehead atoms. The molecule has 0 aliphatic carbocycles. The Labute approximate surface area is 160 Å². The van der Waals surface area contributed by atoms with Crippen LogP contribution in [-0.4, -0.2) is 101 Å². The normalized spacial score (nSPS) is 12.8. The molecule has 0 saturated heterocycles. The van der Waals surface area contributed by atoms with E-state index in [9.17, 15) is 33.9 Å². The fourth-order valence-electron chi connectivity index (χ4n) is 1.77. The molecule has 0 aromatic carbocycles. The highest BCUT2D eigenvalue weighted by Gasteiger charge is 2.49. The summed E-state index contributed by atoms with van der Waals surface area (Å²) in [5.74, 6) is -11.6. The molecule has 0 amide bonds. The van der Waals surface area contributed by atoms with E-state index in [0.29, 0.717) is 0 Å². The molecular formula is C12H16MgO13. The van der Waals surface area contributed by atoms with Gasteiger partial charge >= 0.3 is 58.9 Å². The van der Waals surface area contributed by atoms with Gasteiger partial charge in [0, 0.05) is 0 Å². The zero-order valence-electron chi connectivity index (χ0n) is 12.4. The van der Waals surface area contributed by atoms with Crippen LogP contribution in [0.15, 0.2) is 0 Å². The van der Waals surface area contributed by atoms with E-state index >= 15 is 0 Å². The number of aliphatic carboxylic acids is 5. The third-order valence-electron chi connectivity index (χ3n) is 2.85. The number of esters is 1. The van der Waals surface area contributed by atoms with Gasteiger partial charge in [-0.2, -0.15) is 0 Å². The van der Waals surface area contributed by atoms with Crippen LogP contribution in [0.1, 0.15) is 25.7 Å². The first kappa shape index (κ1) is 25.8. The molecule has 1 unspecified atom stereocenters. The summed E-state index contributed by atoms with van der Waals surface area (Å²) >= 11 is 0. The quantitative estimate of drug-likeness (QED) is 0.153. The van der Waals surface area contributed by atoms with Gasteiger partial charge < -0.3 is 35.4 Å². The number of rotatable bonds is 11. The van der Waals surface area contributed by atoms with Crippen LogP contribution in [0.5, 0.6) is 0 Å². The van der Waals surface area contributed by atoms with Gasteiger partial charge in [-0.1, -0.05) is 0 Å². The van der Waals surface area contributed by atoms with Gasteiger partial charge in [-0.05, 0) is 0 Å². The lowest BCUT2D eigenvalue weighted by molar-refractivity contribution is -0.191. The van der Waals surface area contributed by atoms with Crippen molar-refractivity contribution in [2.24, 2.45) is 0 Å². The largest absolute Gasteiger partial charge is 0.481 e. The summed E-state index contributed by atoms with van der Waals surface area (Å²) in [6.45, 7) is 0. The van der Waals surface area contributed by atoms with Crippen LogP contribution >= 0.6 is 0 Å². The highest BCUT2D eigenvalue weighted by Crippen LogP contribution is 2.25. The summed E-state index contributed by atoms with van der Waals surface area (Å²) in [4.78, 5) is 66.0. The first-order valence-electron chi connectivity index (χ1n) is 6.30. The van der Waals surface area contributed by atoms with Gasteiger partial charge in [0.05, 0.1) is 25.7 Å². The Morgan fingerprint density at radius 2 is 1.04 bits per heavy atom. The fourth-order valence-corrected chi connectivity index (χ4v) is 1.77. The second-order valence-electron chi connectivity index (χ2n) is 5.00. The van der Waals surface area contributed by atoms with Crippen molar-refractivity contribution < 1.29 is 64.1 Å². The molecule has 1 atom stereocenters. The van der Waals surface area contributed by atoms with E-state index in [1.807, 2.05) is 0 Å². The maximum Gasteiger partial charge on any atom is 0.349 e. The molecule has 0 saturated carbocycles. The Bertz CT molecular complexity index is 596. The number of carboxylic acids is 5.